The first-order valence-electron chi connectivity index (χ1n) is 8.11. The quantitative estimate of drug-likeness (QED) is 0.826. The van der Waals surface area contributed by atoms with Crippen molar-refractivity contribution in [2.24, 2.45) is 11.8 Å². The SMILES string of the molecule is CCC1CNC(CC(C)C)CN1C1CCCC1C. The lowest BCUT2D eigenvalue weighted by molar-refractivity contribution is 0.0586. The maximum absolute atomic E-state index is 3.78. The molecule has 2 fully saturated rings. The van der Waals surface area contributed by atoms with Crippen molar-refractivity contribution in [2.45, 2.75) is 77.9 Å². The lowest BCUT2D eigenvalue weighted by atomic mass is 9.95. The minimum absolute atomic E-state index is 0.723. The molecule has 0 aromatic heterocycles. The summed E-state index contributed by atoms with van der Waals surface area (Å²) in [6, 6.07) is 2.37. The molecule has 0 spiro atoms. The second kappa shape index (κ2) is 6.38. The summed E-state index contributed by atoms with van der Waals surface area (Å²) in [5.74, 6) is 1.72. The van der Waals surface area contributed by atoms with Gasteiger partial charge in [-0.15, -0.1) is 0 Å². The first kappa shape index (κ1) is 14.3. The Bertz CT molecular complexity index is 251. The van der Waals surface area contributed by atoms with Crippen molar-refractivity contribution in [3.05, 3.63) is 0 Å². The van der Waals surface area contributed by atoms with Crippen LogP contribution in [0.3, 0.4) is 0 Å². The van der Waals surface area contributed by atoms with Crippen molar-refractivity contribution in [1.82, 2.24) is 10.2 Å². The van der Waals surface area contributed by atoms with Crippen LogP contribution in [0.25, 0.3) is 0 Å². The van der Waals surface area contributed by atoms with Crippen LogP contribution in [-0.4, -0.2) is 36.1 Å². The van der Waals surface area contributed by atoms with E-state index in [2.05, 4.69) is 37.9 Å². The molecule has 0 aromatic carbocycles. The summed E-state index contributed by atoms with van der Waals surface area (Å²) in [4.78, 5) is 2.86. The van der Waals surface area contributed by atoms with Crippen LogP contribution in [0.4, 0.5) is 0 Å². The summed E-state index contributed by atoms with van der Waals surface area (Å²) in [6.45, 7) is 12.0. The van der Waals surface area contributed by atoms with Crippen molar-refractivity contribution < 1.29 is 0 Å². The van der Waals surface area contributed by atoms with Gasteiger partial charge in [0, 0.05) is 31.2 Å². The zero-order valence-electron chi connectivity index (χ0n) is 12.8. The van der Waals surface area contributed by atoms with Gasteiger partial charge in [-0.1, -0.05) is 34.1 Å². The molecule has 1 saturated carbocycles. The molecule has 0 amide bonds. The summed E-state index contributed by atoms with van der Waals surface area (Å²) in [5, 5.41) is 3.78. The summed E-state index contributed by atoms with van der Waals surface area (Å²) < 4.78 is 0. The van der Waals surface area contributed by atoms with Gasteiger partial charge in [-0.2, -0.15) is 0 Å². The fraction of sp³-hybridized carbons (Fsp3) is 1.00. The lowest BCUT2D eigenvalue weighted by Gasteiger charge is -2.45. The molecule has 18 heavy (non-hydrogen) atoms. The van der Waals surface area contributed by atoms with Crippen molar-refractivity contribution in [3.63, 3.8) is 0 Å². The van der Waals surface area contributed by atoms with Gasteiger partial charge in [-0.3, -0.25) is 4.90 Å². The van der Waals surface area contributed by atoms with Gasteiger partial charge in [0.05, 0.1) is 0 Å². The maximum Gasteiger partial charge on any atom is 0.0221 e. The Hall–Kier alpha value is -0.0800. The Morgan fingerprint density at radius 2 is 2.06 bits per heavy atom. The molecule has 4 atom stereocenters. The maximum atomic E-state index is 3.78. The predicted molar refractivity (Wildman–Crippen MR) is 78.8 cm³/mol. The highest BCUT2D eigenvalue weighted by Crippen LogP contribution is 2.32. The van der Waals surface area contributed by atoms with E-state index < -0.39 is 0 Å². The fourth-order valence-electron chi connectivity index (χ4n) is 4.02. The molecule has 1 aliphatic heterocycles. The summed E-state index contributed by atoms with van der Waals surface area (Å²) in [6.07, 6.45) is 6.95. The molecule has 2 heteroatoms. The fourth-order valence-corrected chi connectivity index (χ4v) is 4.02. The molecule has 0 bridgehead atoms. The average molecular weight is 252 g/mol. The first-order valence-corrected chi connectivity index (χ1v) is 8.11. The second-order valence-electron chi connectivity index (χ2n) is 6.97. The molecule has 1 saturated heterocycles. The molecule has 1 heterocycles. The predicted octanol–water partition coefficient (Wildman–Crippen LogP) is 3.27. The number of hydrogen-bond donors (Lipinski definition) is 1. The van der Waals surface area contributed by atoms with Gasteiger partial charge in [0.15, 0.2) is 0 Å². The summed E-state index contributed by atoms with van der Waals surface area (Å²) >= 11 is 0. The monoisotopic (exact) mass is 252 g/mol. The normalized spacial score (nSPS) is 38.5. The standard InChI is InChI=1S/C16H32N2/c1-5-15-10-17-14(9-12(2)3)11-18(15)16-8-6-7-13(16)4/h12-17H,5-11H2,1-4H3. The van der Waals surface area contributed by atoms with E-state index >= 15 is 0 Å². The van der Waals surface area contributed by atoms with Crippen molar-refractivity contribution in [1.29, 1.82) is 0 Å². The molecule has 0 aromatic rings. The largest absolute Gasteiger partial charge is 0.311 e. The van der Waals surface area contributed by atoms with Gasteiger partial charge in [0.1, 0.15) is 0 Å². The first-order chi connectivity index (χ1) is 8.61. The van der Waals surface area contributed by atoms with Crippen molar-refractivity contribution in [2.75, 3.05) is 13.1 Å². The van der Waals surface area contributed by atoms with E-state index in [0.717, 1.165) is 30.0 Å². The smallest absolute Gasteiger partial charge is 0.0221 e. The molecule has 1 aliphatic carbocycles. The minimum atomic E-state index is 0.723. The molecule has 2 nitrogen and oxygen atoms in total. The van der Waals surface area contributed by atoms with E-state index in [1.165, 1.54) is 45.2 Å². The topological polar surface area (TPSA) is 15.3 Å². The van der Waals surface area contributed by atoms with Crippen LogP contribution in [0.1, 0.15) is 59.8 Å². The van der Waals surface area contributed by atoms with Gasteiger partial charge in [0.2, 0.25) is 0 Å². The second-order valence-corrected chi connectivity index (χ2v) is 6.97. The Labute approximate surface area is 114 Å². The highest BCUT2D eigenvalue weighted by Gasteiger charge is 2.36. The molecule has 1 N–H and O–H groups in total. The van der Waals surface area contributed by atoms with E-state index in [9.17, 15) is 0 Å². The molecule has 106 valence electrons. The third-order valence-electron chi connectivity index (χ3n) is 5.01. The van der Waals surface area contributed by atoms with E-state index in [1.807, 2.05) is 0 Å². The van der Waals surface area contributed by atoms with Gasteiger partial charge in [-0.05, 0) is 37.5 Å². The number of piperazine rings is 1. The van der Waals surface area contributed by atoms with Crippen LogP contribution in [0.15, 0.2) is 0 Å². The van der Waals surface area contributed by atoms with Crippen LogP contribution >= 0.6 is 0 Å². The molecular formula is C16H32N2. The van der Waals surface area contributed by atoms with E-state index in [-0.39, 0.29) is 0 Å². The molecular weight excluding hydrogens is 220 g/mol. The van der Waals surface area contributed by atoms with Gasteiger partial charge in [0.25, 0.3) is 0 Å². The average Bonchev–Trinajstić information content (AvgIpc) is 2.74. The third kappa shape index (κ3) is 3.27. The Morgan fingerprint density at radius 3 is 2.61 bits per heavy atom. The van der Waals surface area contributed by atoms with Gasteiger partial charge >= 0.3 is 0 Å². The van der Waals surface area contributed by atoms with E-state index in [4.69, 9.17) is 0 Å². The van der Waals surface area contributed by atoms with Gasteiger partial charge in [-0.25, -0.2) is 0 Å². The van der Waals surface area contributed by atoms with Crippen LogP contribution in [0.2, 0.25) is 0 Å². The Morgan fingerprint density at radius 1 is 1.28 bits per heavy atom. The van der Waals surface area contributed by atoms with Crippen molar-refractivity contribution in [3.8, 4) is 0 Å². The van der Waals surface area contributed by atoms with Crippen molar-refractivity contribution >= 4 is 0 Å². The number of nitrogens with zero attached hydrogens (tertiary/aromatic N) is 1. The van der Waals surface area contributed by atoms with Gasteiger partial charge < -0.3 is 5.32 Å². The zero-order chi connectivity index (χ0) is 13.1. The minimum Gasteiger partial charge on any atom is -0.311 e. The highest BCUT2D eigenvalue weighted by molar-refractivity contribution is 4.93. The molecule has 0 radical (unpaired) electrons. The highest BCUT2D eigenvalue weighted by atomic mass is 15.3. The molecule has 4 unspecified atom stereocenters. The van der Waals surface area contributed by atoms with E-state index in [0.29, 0.717) is 0 Å². The lowest BCUT2D eigenvalue weighted by Crippen LogP contribution is -2.60. The molecule has 2 rings (SSSR count). The number of hydrogen-bond acceptors (Lipinski definition) is 2. The number of nitrogens with one attached hydrogen (secondary N) is 1. The van der Waals surface area contributed by atoms with Crippen LogP contribution < -0.4 is 5.32 Å². The molecule has 2 aliphatic rings. The Balaban J connectivity index is 1.98. The zero-order valence-corrected chi connectivity index (χ0v) is 12.8. The van der Waals surface area contributed by atoms with Crippen LogP contribution in [0, 0.1) is 11.8 Å². The Kier molecular flexibility index (Phi) is 5.08. The third-order valence-corrected chi connectivity index (χ3v) is 5.01. The van der Waals surface area contributed by atoms with Crippen LogP contribution in [0.5, 0.6) is 0 Å². The van der Waals surface area contributed by atoms with E-state index in [1.54, 1.807) is 0 Å². The summed E-state index contributed by atoms with van der Waals surface area (Å²) in [5.41, 5.74) is 0. The van der Waals surface area contributed by atoms with Crippen LogP contribution in [-0.2, 0) is 0 Å². The summed E-state index contributed by atoms with van der Waals surface area (Å²) in [7, 11) is 0. The number of rotatable bonds is 4.